The number of ether oxygens (including phenoxy) is 1. The lowest BCUT2D eigenvalue weighted by Crippen LogP contribution is -2.43. The highest BCUT2D eigenvalue weighted by Crippen LogP contribution is 2.29. The van der Waals surface area contributed by atoms with Crippen LogP contribution in [0.4, 0.5) is 4.79 Å². The van der Waals surface area contributed by atoms with E-state index in [9.17, 15) is 4.79 Å². The highest BCUT2D eigenvalue weighted by atomic mass is 16.6. The van der Waals surface area contributed by atoms with E-state index in [2.05, 4.69) is 26.1 Å². The number of carbonyl (C=O) groups is 1. The number of rotatable bonds is 1. The zero-order valence-corrected chi connectivity index (χ0v) is 10.5. The number of nitrogens with one attached hydrogen (secondary N) is 1. The molecule has 2 saturated heterocycles. The van der Waals surface area contributed by atoms with Gasteiger partial charge in [-0.25, -0.2) is 4.79 Å². The van der Waals surface area contributed by atoms with Crippen molar-refractivity contribution in [1.29, 1.82) is 0 Å². The van der Waals surface area contributed by atoms with Crippen LogP contribution in [0.15, 0.2) is 0 Å². The van der Waals surface area contributed by atoms with E-state index in [0.29, 0.717) is 5.92 Å². The maximum Gasteiger partial charge on any atom is 0.410 e. The lowest BCUT2D eigenvalue weighted by Gasteiger charge is -2.30. The van der Waals surface area contributed by atoms with E-state index >= 15 is 0 Å². The molecular weight excluding hydrogens is 204 g/mol. The Hall–Kier alpha value is -0.770. The van der Waals surface area contributed by atoms with E-state index in [0.717, 1.165) is 32.5 Å². The maximum absolute atomic E-state index is 11.8. The molecule has 2 aliphatic heterocycles. The first-order valence-corrected chi connectivity index (χ1v) is 6.17. The summed E-state index contributed by atoms with van der Waals surface area (Å²) in [5.41, 5.74) is -0.126. The van der Waals surface area contributed by atoms with Crippen LogP contribution in [0.1, 0.15) is 33.6 Å². The quantitative estimate of drug-likeness (QED) is 0.738. The molecule has 2 heterocycles. The summed E-state index contributed by atoms with van der Waals surface area (Å²) in [4.78, 5) is 13.6. The number of cyclic esters (lactones) is 1. The molecule has 0 aliphatic carbocycles. The highest BCUT2D eigenvalue weighted by Gasteiger charge is 2.41. The number of hydrogen-bond acceptors (Lipinski definition) is 3. The van der Waals surface area contributed by atoms with Gasteiger partial charge in [0.25, 0.3) is 0 Å². The summed E-state index contributed by atoms with van der Waals surface area (Å²) < 4.78 is 5.50. The molecule has 4 heteroatoms. The normalized spacial score (nSPS) is 28.3. The molecular formula is C12H22N2O2. The fourth-order valence-corrected chi connectivity index (χ4v) is 2.49. The summed E-state index contributed by atoms with van der Waals surface area (Å²) in [5.74, 6) is 0.539. The Morgan fingerprint density at radius 1 is 1.31 bits per heavy atom. The molecule has 0 aromatic rings. The van der Waals surface area contributed by atoms with Crippen molar-refractivity contribution in [3.8, 4) is 0 Å². The molecule has 0 aromatic carbocycles. The number of nitrogens with zero attached hydrogens (tertiary/aromatic N) is 1. The van der Waals surface area contributed by atoms with Gasteiger partial charge in [0, 0.05) is 11.5 Å². The first-order valence-electron chi connectivity index (χ1n) is 6.17. The largest absolute Gasteiger partial charge is 0.444 e. The van der Waals surface area contributed by atoms with Crippen molar-refractivity contribution in [1.82, 2.24) is 10.2 Å². The summed E-state index contributed by atoms with van der Waals surface area (Å²) >= 11 is 0. The lowest BCUT2D eigenvalue weighted by atomic mass is 9.91. The number of hydrogen-bond donors (Lipinski definition) is 1. The Morgan fingerprint density at radius 3 is 2.44 bits per heavy atom. The van der Waals surface area contributed by atoms with Crippen LogP contribution in [-0.4, -0.2) is 42.3 Å². The van der Waals surface area contributed by atoms with Gasteiger partial charge >= 0.3 is 6.09 Å². The number of amides is 1. The van der Waals surface area contributed by atoms with Crippen LogP contribution in [-0.2, 0) is 4.74 Å². The zero-order chi connectivity index (χ0) is 11.8. The number of carbonyl (C=O) groups excluding carboxylic acids is 1. The van der Waals surface area contributed by atoms with Crippen molar-refractivity contribution in [2.24, 2.45) is 5.92 Å². The molecule has 1 unspecified atom stereocenters. The second kappa shape index (κ2) is 4.24. The zero-order valence-electron chi connectivity index (χ0n) is 10.5. The molecule has 1 amide bonds. The van der Waals surface area contributed by atoms with E-state index in [1.54, 1.807) is 0 Å². The molecule has 1 N–H and O–H groups in total. The summed E-state index contributed by atoms with van der Waals surface area (Å²) in [7, 11) is 0. The van der Waals surface area contributed by atoms with E-state index in [1.165, 1.54) is 0 Å². The van der Waals surface area contributed by atoms with Gasteiger partial charge in [0.2, 0.25) is 0 Å². The third-order valence-corrected chi connectivity index (χ3v) is 3.55. The summed E-state index contributed by atoms with van der Waals surface area (Å²) in [6.45, 7) is 9.02. The van der Waals surface area contributed by atoms with Gasteiger partial charge in [-0.2, -0.15) is 0 Å². The predicted octanol–water partition coefficient (Wildman–Crippen LogP) is 1.61. The monoisotopic (exact) mass is 226 g/mol. The van der Waals surface area contributed by atoms with Gasteiger partial charge in [-0.05, 0) is 46.7 Å². The molecule has 2 aliphatic rings. The molecule has 0 saturated carbocycles. The summed E-state index contributed by atoms with van der Waals surface area (Å²) in [6, 6.07) is 0. The van der Waals surface area contributed by atoms with Gasteiger partial charge in [-0.1, -0.05) is 0 Å². The Balaban J connectivity index is 1.97. The van der Waals surface area contributed by atoms with E-state index in [4.69, 9.17) is 4.74 Å². The second-order valence-electron chi connectivity index (χ2n) is 5.79. The van der Waals surface area contributed by atoms with Crippen LogP contribution >= 0.6 is 0 Å². The molecule has 2 rings (SSSR count). The van der Waals surface area contributed by atoms with Crippen LogP contribution in [0.3, 0.4) is 0 Å². The van der Waals surface area contributed by atoms with Crippen molar-refractivity contribution in [3.05, 3.63) is 0 Å². The Bertz CT molecular complexity index is 267. The van der Waals surface area contributed by atoms with Crippen molar-refractivity contribution >= 4 is 6.09 Å². The average Bonchev–Trinajstić information content (AvgIpc) is 2.61. The number of piperidine rings is 1. The molecule has 0 bridgehead atoms. The lowest BCUT2D eigenvalue weighted by molar-refractivity contribution is 0.0889. The Morgan fingerprint density at radius 2 is 1.94 bits per heavy atom. The van der Waals surface area contributed by atoms with Crippen LogP contribution in [0.5, 0.6) is 0 Å². The molecule has 92 valence electrons. The highest BCUT2D eigenvalue weighted by molar-refractivity contribution is 5.70. The van der Waals surface area contributed by atoms with E-state index in [1.807, 2.05) is 4.90 Å². The molecule has 16 heavy (non-hydrogen) atoms. The Kier molecular flexibility index (Phi) is 3.10. The van der Waals surface area contributed by atoms with Gasteiger partial charge in [0.1, 0.15) is 6.10 Å². The molecule has 0 radical (unpaired) electrons. The molecule has 0 spiro atoms. The average molecular weight is 226 g/mol. The van der Waals surface area contributed by atoms with Crippen LogP contribution < -0.4 is 5.32 Å². The minimum Gasteiger partial charge on any atom is -0.444 e. The van der Waals surface area contributed by atoms with Crippen LogP contribution in [0.2, 0.25) is 0 Å². The van der Waals surface area contributed by atoms with Crippen LogP contribution in [0.25, 0.3) is 0 Å². The van der Waals surface area contributed by atoms with E-state index < -0.39 is 0 Å². The van der Waals surface area contributed by atoms with Crippen molar-refractivity contribution in [2.45, 2.75) is 45.3 Å². The summed E-state index contributed by atoms with van der Waals surface area (Å²) in [6.07, 6.45) is 2.20. The first kappa shape index (κ1) is 11.7. The summed E-state index contributed by atoms with van der Waals surface area (Å²) in [5, 5.41) is 3.34. The van der Waals surface area contributed by atoms with Crippen LogP contribution in [0, 0.1) is 5.92 Å². The topological polar surface area (TPSA) is 41.6 Å². The van der Waals surface area contributed by atoms with E-state index in [-0.39, 0.29) is 17.7 Å². The van der Waals surface area contributed by atoms with Crippen molar-refractivity contribution < 1.29 is 9.53 Å². The Labute approximate surface area is 97.3 Å². The minimum absolute atomic E-state index is 0.105. The molecule has 2 fully saturated rings. The second-order valence-corrected chi connectivity index (χ2v) is 5.79. The van der Waals surface area contributed by atoms with Gasteiger partial charge in [0.15, 0.2) is 0 Å². The maximum atomic E-state index is 11.8. The van der Waals surface area contributed by atoms with Crippen molar-refractivity contribution in [2.75, 3.05) is 19.6 Å². The fourth-order valence-electron chi connectivity index (χ4n) is 2.49. The van der Waals surface area contributed by atoms with Gasteiger partial charge in [-0.15, -0.1) is 0 Å². The minimum atomic E-state index is -0.143. The van der Waals surface area contributed by atoms with Gasteiger partial charge < -0.3 is 10.1 Å². The first-order chi connectivity index (χ1) is 7.48. The van der Waals surface area contributed by atoms with Gasteiger partial charge in [-0.3, -0.25) is 4.90 Å². The standard InChI is InChI=1S/C12H22N2O2/c1-12(2,3)14-8-10(16-11(14)15)9-4-6-13-7-5-9/h9-10,13H,4-8H2,1-3H3. The molecule has 4 nitrogen and oxygen atoms in total. The third-order valence-electron chi connectivity index (χ3n) is 3.55. The van der Waals surface area contributed by atoms with Crippen molar-refractivity contribution in [3.63, 3.8) is 0 Å². The van der Waals surface area contributed by atoms with Gasteiger partial charge in [0.05, 0.1) is 6.54 Å². The fraction of sp³-hybridized carbons (Fsp3) is 0.917. The molecule has 1 atom stereocenters. The predicted molar refractivity (Wildman–Crippen MR) is 62.3 cm³/mol. The SMILES string of the molecule is CC(C)(C)N1CC(C2CCNCC2)OC1=O. The smallest absolute Gasteiger partial charge is 0.410 e. The molecule has 0 aromatic heterocycles. The third kappa shape index (κ3) is 2.32.